The van der Waals surface area contributed by atoms with Crippen molar-refractivity contribution in [3.63, 3.8) is 0 Å². The largest absolute Gasteiger partial charge is 0.438 e. The zero-order chi connectivity index (χ0) is 16.2. The lowest BCUT2D eigenvalue weighted by Gasteiger charge is -2.12. The molecule has 0 spiro atoms. The molecule has 6 heteroatoms. The molecule has 23 heavy (non-hydrogen) atoms. The summed E-state index contributed by atoms with van der Waals surface area (Å²) in [5.74, 6) is 1.26. The third-order valence-corrected chi connectivity index (χ3v) is 4.12. The maximum Gasteiger partial charge on any atom is 0.221 e. The van der Waals surface area contributed by atoms with Gasteiger partial charge in [0.05, 0.1) is 29.0 Å². The SMILES string of the molecule is CC(=O)Nc1ccc(C)cc1NCc1ncc(-c2cccs2)o1. The Morgan fingerprint density at radius 1 is 1.30 bits per heavy atom. The topological polar surface area (TPSA) is 67.2 Å². The van der Waals surface area contributed by atoms with E-state index in [9.17, 15) is 4.79 Å². The molecule has 3 aromatic rings. The second-order valence-electron chi connectivity index (χ2n) is 5.18. The Kier molecular flexibility index (Phi) is 4.43. The summed E-state index contributed by atoms with van der Waals surface area (Å²) >= 11 is 1.61. The van der Waals surface area contributed by atoms with Gasteiger partial charge in [-0.3, -0.25) is 4.79 Å². The fraction of sp³-hybridized carbons (Fsp3) is 0.176. The van der Waals surface area contributed by atoms with Crippen LogP contribution >= 0.6 is 11.3 Å². The van der Waals surface area contributed by atoms with Crippen molar-refractivity contribution in [3.05, 3.63) is 53.4 Å². The minimum absolute atomic E-state index is 0.104. The van der Waals surface area contributed by atoms with E-state index in [1.54, 1.807) is 17.5 Å². The fourth-order valence-electron chi connectivity index (χ4n) is 2.20. The number of hydrogen-bond donors (Lipinski definition) is 2. The van der Waals surface area contributed by atoms with Crippen molar-refractivity contribution >= 4 is 28.6 Å². The van der Waals surface area contributed by atoms with Crippen molar-refractivity contribution in [1.82, 2.24) is 4.98 Å². The zero-order valence-corrected chi connectivity index (χ0v) is 13.7. The number of nitrogens with one attached hydrogen (secondary N) is 2. The number of nitrogens with zero attached hydrogens (tertiary/aromatic N) is 1. The fourth-order valence-corrected chi connectivity index (χ4v) is 2.87. The van der Waals surface area contributed by atoms with Crippen molar-refractivity contribution in [2.75, 3.05) is 10.6 Å². The van der Waals surface area contributed by atoms with Gasteiger partial charge in [0.15, 0.2) is 5.76 Å². The normalized spacial score (nSPS) is 10.5. The first-order valence-electron chi connectivity index (χ1n) is 7.22. The Hall–Kier alpha value is -2.60. The minimum Gasteiger partial charge on any atom is -0.438 e. The van der Waals surface area contributed by atoms with Crippen LogP contribution in [0.5, 0.6) is 0 Å². The van der Waals surface area contributed by atoms with Gasteiger partial charge in [0.2, 0.25) is 11.8 Å². The van der Waals surface area contributed by atoms with Crippen LogP contribution in [0.2, 0.25) is 0 Å². The molecule has 0 aliphatic heterocycles. The van der Waals surface area contributed by atoms with Gasteiger partial charge in [0.1, 0.15) is 0 Å². The van der Waals surface area contributed by atoms with Crippen molar-refractivity contribution in [1.29, 1.82) is 0 Å². The Morgan fingerprint density at radius 2 is 2.17 bits per heavy atom. The number of aryl methyl sites for hydroxylation is 1. The molecule has 0 saturated carbocycles. The van der Waals surface area contributed by atoms with Crippen LogP contribution in [0.25, 0.3) is 10.6 Å². The number of benzene rings is 1. The van der Waals surface area contributed by atoms with Gasteiger partial charge in [-0.2, -0.15) is 0 Å². The number of carbonyl (C=O) groups excluding carboxylic acids is 1. The van der Waals surface area contributed by atoms with Crippen molar-refractivity contribution in [2.24, 2.45) is 0 Å². The molecule has 2 heterocycles. The summed E-state index contributed by atoms with van der Waals surface area (Å²) in [6.45, 7) is 3.94. The molecule has 3 rings (SSSR count). The predicted molar refractivity (Wildman–Crippen MR) is 92.6 cm³/mol. The van der Waals surface area contributed by atoms with Crippen LogP contribution < -0.4 is 10.6 Å². The maximum absolute atomic E-state index is 11.3. The second-order valence-corrected chi connectivity index (χ2v) is 6.13. The van der Waals surface area contributed by atoms with Gasteiger partial charge in [-0.05, 0) is 36.1 Å². The van der Waals surface area contributed by atoms with Gasteiger partial charge >= 0.3 is 0 Å². The van der Waals surface area contributed by atoms with E-state index < -0.39 is 0 Å². The average molecular weight is 327 g/mol. The molecule has 118 valence electrons. The average Bonchev–Trinajstić information content (AvgIpc) is 3.17. The third-order valence-electron chi connectivity index (χ3n) is 3.23. The lowest BCUT2D eigenvalue weighted by Crippen LogP contribution is -2.09. The Balaban J connectivity index is 1.73. The van der Waals surface area contributed by atoms with Gasteiger partial charge in [-0.15, -0.1) is 11.3 Å². The van der Waals surface area contributed by atoms with Crippen LogP contribution in [0.1, 0.15) is 18.4 Å². The number of amides is 1. The van der Waals surface area contributed by atoms with E-state index in [0.717, 1.165) is 27.6 Å². The Labute approximate surface area is 138 Å². The van der Waals surface area contributed by atoms with Crippen LogP contribution in [-0.2, 0) is 11.3 Å². The van der Waals surface area contributed by atoms with Crippen LogP contribution in [-0.4, -0.2) is 10.9 Å². The molecule has 0 atom stereocenters. The second kappa shape index (κ2) is 6.66. The lowest BCUT2D eigenvalue weighted by atomic mass is 10.2. The summed E-state index contributed by atoms with van der Waals surface area (Å²) in [6, 6.07) is 9.79. The molecule has 0 bridgehead atoms. The summed E-state index contributed by atoms with van der Waals surface area (Å²) in [5, 5.41) is 8.08. The smallest absolute Gasteiger partial charge is 0.221 e. The maximum atomic E-state index is 11.3. The molecule has 0 unspecified atom stereocenters. The zero-order valence-electron chi connectivity index (χ0n) is 12.9. The highest BCUT2D eigenvalue weighted by Crippen LogP contribution is 2.27. The van der Waals surface area contributed by atoms with Gasteiger partial charge in [0.25, 0.3) is 0 Å². The van der Waals surface area contributed by atoms with Crippen molar-refractivity contribution in [2.45, 2.75) is 20.4 Å². The first kappa shape index (κ1) is 15.3. The van der Waals surface area contributed by atoms with Crippen LogP contribution in [0.15, 0.2) is 46.3 Å². The van der Waals surface area contributed by atoms with Crippen LogP contribution in [0, 0.1) is 6.92 Å². The van der Waals surface area contributed by atoms with Crippen LogP contribution in [0.3, 0.4) is 0 Å². The molecule has 0 saturated heterocycles. The van der Waals surface area contributed by atoms with E-state index in [1.807, 2.05) is 42.6 Å². The summed E-state index contributed by atoms with van der Waals surface area (Å²) < 4.78 is 5.75. The number of thiophene rings is 1. The standard InChI is InChI=1S/C17H17N3O2S/c1-11-5-6-13(20-12(2)21)14(8-11)18-10-17-19-9-15(22-17)16-4-3-7-23-16/h3-9,18H,10H2,1-2H3,(H,20,21). The molecule has 0 radical (unpaired) electrons. The van der Waals surface area contributed by atoms with E-state index >= 15 is 0 Å². The molecule has 1 aromatic carbocycles. The van der Waals surface area contributed by atoms with Crippen LogP contribution in [0.4, 0.5) is 11.4 Å². The summed E-state index contributed by atoms with van der Waals surface area (Å²) in [7, 11) is 0. The number of aromatic nitrogens is 1. The molecule has 2 aromatic heterocycles. The first-order valence-corrected chi connectivity index (χ1v) is 8.10. The molecule has 0 aliphatic rings. The van der Waals surface area contributed by atoms with Gasteiger partial charge in [-0.1, -0.05) is 12.1 Å². The minimum atomic E-state index is -0.104. The van der Waals surface area contributed by atoms with Crippen molar-refractivity contribution < 1.29 is 9.21 Å². The van der Waals surface area contributed by atoms with Gasteiger partial charge in [-0.25, -0.2) is 4.98 Å². The predicted octanol–water partition coefficient (Wildman–Crippen LogP) is 4.28. The molecule has 5 nitrogen and oxygen atoms in total. The highest BCUT2D eigenvalue weighted by molar-refractivity contribution is 7.13. The number of rotatable bonds is 5. The molecular weight excluding hydrogens is 310 g/mol. The van der Waals surface area contributed by atoms with E-state index in [-0.39, 0.29) is 5.91 Å². The highest BCUT2D eigenvalue weighted by Gasteiger charge is 2.09. The summed E-state index contributed by atoms with van der Waals surface area (Å²) in [5.41, 5.74) is 2.69. The number of oxazole rings is 1. The molecular formula is C17H17N3O2S. The summed E-state index contributed by atoms with van der Waals surface area (Å²) in [4.78, 5) is 16.6. The monoisotopic (exact) mass is 327 g/mol. The van der Waals surface area contributed by atoms with E-state index in [4.69, 9.17) is 4.42 Å². The van der Waals surface area contributed by atoms with Gasteiger partial charge in [0, 0.05) is 6.92 Å². The van der Waals surface area contributed by atoms with E-state index in [0.29, 0.717) is 12.4 Å². The Bertz CT molecular complexity index is 809. The van der Waals surface area contributed by atoms with Gasteiger partial charge < -0.3 is 15.1 Å². The summed E-state index contributed by atoms with van der Waals surface area (Å²) in [6.07, 6.45) is 1.73. The number of anilines is 2. The molecule has 0 aliphatic carbocycles. The first-order chi connectivity index (χ1) is 11.1. The molecule has 1 amide bonds. The number of hydrogen-bond acceptors (Lipinski definition) is 5. The van der Waals surface area contributed by atoms with Crippen molar-refractivity contribution in [3.8, 4) is 10.6 Å². The van der Waals surface area contributed by atoms with E-state index in [1.165, 1.54) is 6.92 Å². The lowest BCUT2D eigenvalue weighted by molar-refractivity contribution is -0.114. The third kappa shape index (κ3) is 3.78. The number of carbonyl (C=O) groups is 1. The molecule has 2 N–H and O–H groups in total. The quantitative estimate of drug-likeness (QED) is 0.734. The van der Waals surface area contributed by atoms with E-state index in [2.05, 4.69) is 15.6 Å². The Morgan fingerprint density at radius 3 is 2.91 bits per heavy atom. The molecule has 0 fully saturated rings. The highest BCUT2D eigenvalue weighted by atomic mass is 32.1.